The van der Waals surface area contributed by atoms with Crippen LogP contribution in [0, 0.1) is 0 Å². The van der Waals surface area contributed by atoms with E-state index in [9.17, 15) is 19.2 Å². The van der Waals surface area contributed by atoms with Crippen molar-refractivity contribution in [2.45, 2.75) is 13.3 Å². The van der Waals surface area contributed by atoms with Crippen molar-refractivity contribution in [1.82, 2.24) is 4.90 Å². The van der Waals surface area contributed by atoms with Crippen molar-refractivity contribution in [3.8, 4) is 11.5 Å². The average molecular weight is 596 g/mol. The first kappa shape index (κ1) is 29.4. The molecule has 10 heteroatoms. The largest absolute Gasteiger partial charge is 0.493 e. The van der Waals surface area contributed by atoms with Gasteiger partial charge >= 0.3 is 0 Å². The van der Waals surface area contributed by atoms with E-state index in [4.69, 9.17) is 9.47 Å². The molecule has 1 aliphatic rings. The van der Waals surface area contributed by atoms with Crippen molar-refractivity contribution in [2.24, 2.45) is 0 Å². The third kappa shape index (κ3) is 7.04. The Kier molecular flexibility index (Phi) is 9.07. The number of ether oxygens (including phenoxy) is 2. The lowest BCUT2D eigenvalue weighted by Crippen LogP contribution is -2.36. The van der Waals surface area contributed by atoms with Gasteiger partial charge in [-0.3, -0.25) is 24.1 Å². The zero-order valence-corrected chi connectivity index (χ0v) is 24.4. The number of benzene rings is 4. The zero-order chi connectivity index (χ0) is 30.3. The van der Waals surface area contributed by atoms with Crippen LogP contribution >= 0.6 is 11.8 Å². The van der Waals surface area contributed by atoms with Crippen LogP contribution in [0.2, 0.25) is 0 Å². The van der Waals surface area contributed by atoms with E-state index >= 15 is 0 Å². The molecular formula is C33H29N3O6S. The van der Waals surface area contributed by atoms with Gasteiger partial charge in [0.05, 0.1) is 12.0 Å². The first-order valence-corrected chi connectivity index (χ1v) is 14.4. The molecule has 0 aliphatic carbocycles. The Morgan fingerprint density at radius 2 is 1.65 bits per heavy atom. The van der Waals surface area contributed by atoms with Crippen LogP contribution in [0.25, 0.3) is 16.8 Å². The summed E-state index contributed by atoms with van der Waals surface area (Å²) < 4.78 is 11.1. The fourth-order valence-electron chi connectivity index (χ4n) is 4.51. The number of hydrogen-bond acceptors (Lipinski definition) is 7. The van der Waals surface area contributed by atoms with Gasteiger partial charge < -0.3 is 20.1 Å². The molecule has 1 heterocycles. The molecule has 4 aromatic rings. The van der Waals surface area contributed by atoms with Crippen molar-refractivity contribution in [3.63, 3.8) is 0 Å². The van der Waals surface area contributed by atoms with Gasteiger partial charge in [0, 0.05) is 16.8 Å². The molecule has 1 fully saturated rings. The second-order valence-corrected chi connectivity index (χ2v) is 10.6. The summed E-state index contributed by atoms with van der Waals surface area (Å²) in [6, 6.07) is 25.7. The average Bonchev–Trinajstić information content (AvgIpc) is 3.27. The fourth-order valence-corrected chi connectivity index (χ4v) is 5.35. The third-order valence-corrected chi connectivity index (χ3v) is 7.64. The van der Waals surface area contributed by atoms with E-state index in [0.29, 0.717) is 28.4 Å². The molecule has 4 amide bonds. The van der Waals surface area contributed by atoms with Crippen LogP contribution in [-0.4, -0.2) is 48.1 Å². The molecule has 9 nitrogen and oxygen atoms in total. The standard InChI is InChI=1S/C33H29N3O6S/c1-3-21-11-14-24(15-12-21)34-31(38)20-42-27-16-13-22(17-28(27)41-2)18-29-32(39)36(33(40)43-29)19-30(37)35-26-10-6-8-23-7-4-5-9-25(23)26/h4-18H,3,19-20H2,1-2H3,(H,34,38)(H,35,37)/b29-18-. The molecule has 5 rings (SSSR count). The number of rotatable bonds is 10. The summed E-state index contributed by atoms with van der Waals surface area (Å²) in [5.41, 5.74) is 3.03. The summed E-state index contributed by atoms with van der Waals surface area (Å²) in [6.45, 7) is 1.42. The third-order valence-electron chi connectivity index (χ3n) is 6.73. The van der Waals surface area contributed by atoms with Crippen molar-refractivity contribution < 1.29 is 28.7 Å². The molecule has 0 bridgehead atoms. The number of carbonyl (C=O) groups is 4. The van der Waals surface area contributed by atoms with E-state index in [2.05, 4.69) is 17.6 Å². The van der Waals surface area contributed by atoms with Gasteiger partial charge in [0.2, 0.25) is 5.91 Å². The summed E-state index contributed by atoms with van der Waals surface area (Å²) >= 11 is 0.756. The van der Waals surface area contributed by atoms with Gasteiger partial charge in [0.15, 0.2) is 18.1 Å². The Morgan fingerprint density at radius 1 is 0.884 bits per heavy atom. The molecule has 0 atom stereocenters. The van der Waals surface area contributed by atoms with Gasteiger partial charge in [-0.25, -0.2) is 0 Å². The highest BCUT2D eigenvalue weighted by Crippen LogP contribution is 2.34. The highest BCUT2D eigenvalue weighted by Gasteiger charge is 2.36. The van der Waals surface area contributed by atoms with Gasteiger partial charge in [0.25, 0.3) is 17.1 Å². The molecule has 43 heavy (non-hydrogen) atoms. The number of anilines is 2. The number of hydrogen-bond donors (Lipinski definition) is 2. The van der Waals surface area contributed by atoms with Crippen LogP contribution in [0.5, 0.6) is 11.5 Å². The quantitative estimate of drug-likeness (QED) is 0.213. The maximum Gasteiger partial charge on any atom is 0.294 e. The molecule has 1 aliphatic heterocycles. The number of aryl methyl sites for hydroxylation is 1. The molecule has 0 unspecified atom stereocenters. The number of fused-ring (bicyclic) bond motifs is 1. The number of nitrogens with zero attached hydrogens (tertiary/aromatic N) is 1. The van der Waals surface area contributed by atoms with Crippen molar-refractivity contribution >= 4 is 62.9 Å². The summed E-state index contributed by atoms with van der Waals surface area (Å²) in [6.07, 6.45) is 2.46. The number of thioether (sulfide) groups is 1. The van der Waals surface area contributed by atoms with Crippen molar-refractivity contribution in [1.29, 1.82) is 0 Å². The van der Waals surface area contributed by atoms with Crippen LogP contribution in [0.1, 0.15) is 18.1 Å². The van der Waals surface area contributed by atoms with E-state index in [-0.39, 0.29) is 17.4 Å². The summed E-state index contributed by atoms with van der Waals surface area (Å²) in [5.74, 6) is -0.679. The normalized spacial score (nSPS) is 13.8. The molecule has 4 aromatic carbocycles. The molecule has 0 spiro atoms. The SMILES string of the molecule is CCc1ccc(NC(=O)COc2ccc(/C=C3\SC(=O)N(CC(=O)Nc4cccc5ccccc45)C3=O)cc2OC)cc1. The first-order valence-electron chi connectivity index (χ1n) is 13.6. The second-order valence-electron chi connectivity index (χ2n) is 9.64. The predicted octanol–water partition coefficient (Wildman–Crippen LogP) is 6.10. The van der Waals surface area contributed by atoms with E-state index in [1.165, 1.54) is 12.7 Å². The van der Waals surface area contributed by atoms with E-state index in [0.717, 1.165) is 33.9 Å². The Bertz CT molecular complexity index is 1730. The molecule has 1 saturated heterocycles. The van der Waals surface area contributed by atoms with Crippen LogP contribution in [0.3, 0.4) is 0 Å². The maximum absolute atomic E-state index is 13.0. The fraction of sp³-hybridized carbons (Fsp3) is 0.152. The lowest BCUT2D eigenvalue weighted by atomic mass is 10.1. The molecule has 0 saturated carbocycles. The topological polar surface area (TPSA) is 114 Å². The van der Waals surface area contributed by atoms with Crippen molar-refractivity contribution in [3.05, 3.63) is 101 Å². The Balaban J connectivity index is 1.20. The smallest absolute Gasteiger partial charge is 0.294 e. The summed E-state index contributed by atoms with van der Waals surface area (Å²) in [5, 5.41) is 6.87. The highest BCUT2D eigenvalue weighted by molar-refractivity contribution is 8.18. The van der Waals surface area contributed by atoms with Crippen LogP contribution in [-0.2, 0) is 20.8 Å². The van der Waals surface area contributed by atoms with E-state index in [1.807, 2.05) is 60.7 Å². The minimum absolute atomic E-state index is 0.173. The Hall–Kier alpha value is -5.09. The second kappa shape index (κ2) is 13.3. The summed E-state index contributed by atoms with van der Waals surface area (Å²) in [7, 11) is 1.46. The van der Waals surface area contributed by atoms with Crippen LogP contribution in [0.4, 0.5) is 16.2 Å². The van der Waals surface area contributed by atoms with Gasteiger partial charge in [-0.15, -0.1) is 0 Å². The van der Waals surface area contributed by atoms with Crippen LogP contribution in [0.15, 0.2) is 89.8 Å². The molecule has 0 radical (unpaired) electrons. The van der Waals surface area contributed by atoms with E-state index < -0.39 is 23.6 Å². The van der Waals surface area contributed by atoms with Gasteiger partial charge in [-0.2, -0.15) is 0 Å². The Morgan fingerprint density at radius 3 is 2.42 bits per heavy atom. The molecule has 0 aromatic heterocycles. The Labute approximate surface area is 252 Å². The number of imide groups is 1. The molecular weight excluding hydrogens is 566 g/mol. The van der Waals surface area contributed by atoms with Gasteiger partial charge in [0.1, 0.15) is 6.54 Å². The predicted molar refractivity (Wildman–Crippen MR) is 168 cm³/mol. The number of nitrogens with one attached hydrogen (secondary N) is 2. The number of methoxy groups -OCH3 is 1. The highest BCUT2D eigenvalue weighted by atomic mass is 32.2. The lowest BCUT2D eigenvalue weighted by molar-refractivity contribution is -0.127. The first-order chi connectivity index (χ1) is 20.8. The zero-order valence-electron chi connectivity index (χ0n) is 23.6. The lowest BCUT2D eigenvalue weighted by Gasteiger charge is -2.13. The monoisotopic (exact) mass is 595 g/mol. The maximum atomic E-state index is 13.0. The minimum Gasteiger partial charge on any atom is -0.493 e. The van der Waals surface area contributed by atoms with Gasteiger partial charge in [-0.1, -0.05) is 61.5 Å². The van der Waals surface area contributed by atoms with E-state index in [1.54, 1.807) is 30.3 Å². The number of carbonyl (C=O) groups excluding carboxylic acids is 4. The summed E-state index contributed by atoms with van der Waals surface area (Å²) in [4.78, 5) is 51.9. The van der Waals surface area contributed by atoms with Gasteiger partial charge in [-0.05, 0) is 71.1 Å². The number of amides is 4. The van der Waals surface area contributed by atoms with Crippen molar-refractivity contribution in [2.75, 3.05) is 30.9 Å². The molecule has 218 valence electrons. The molecule has 2 N–H and O–H groups in total. The minimum atomic E-state index is -0.564. The van der Waals surface area contributed by atoms with Crippen LogP contribution < -0.4 is 20.1 Å².